The minimum atomic E-state index is -1.57. The maximum atomic E-state index is 13.1. The van der Waals surface area contributed by atoms with Crippen LogP contribution >= 0.6 is 0 Å². The summed E-state index contributed by atoms with van der Waals surface area (Å²) in [6, 6.07) is -0.823. The average molecular weight is 1050 g/mol. The van der Waals surface area contributed by atoms with Crippen LogP contribution in [0.2, 0.25) is 0 Å². The van der Waals surface area contributed by atoms with E-state index < -0.39 is 49.5 Å². The summed E-state index contributed by atoms with van der Waals surface area (Å²) in [5.74, 6) is -0.184. The number of nitrogens with one attached hydrogen (secondary N) is 1. The lowest BCUT2D eigenvalue weighted by atomic mass is 9.99. The highest BCUT2D eigenvalue weighted by Gasteiger charge is 2.44. The molecule has 0 aromatic rings. The molecule has 0 bridgehead atoms. The fraction of sp³-hybridized carbons (Fsp3) is 0.892. The molecule has 9 nitrogen and oxygen atoms in total. The zero-order valence-corrected chi connectivity index (χ0v) is 48.6. The Kier molecular flexibility index (Phi) is 52.1. The third kappa shape index (κ3) is 43.4. The molecule has 0 saturated carbocycles. The van der Waals surface area contributed by atoms with E-state index in [9.17, 15) is 30.3 Å². The van der Waals surface area contributed by atoms with Crippen LogP contribution in [-0.2, 0) is 14.3 Å². The summed E-state index contributed by atoms with van der Waals surface area (Å²) in [6.07, 6.45) is 65.2. The normalized spacial score (nSPS) is 19.1. The number of carbonyl (C=O) groups is 1. The first-order valence-electron chi connectivity index (χ1n) is 32.2. The number of ether oxygens (including phenoxy) is 2. The van der Waals surface area contributed by atoms with E-state index >= 15 is 0 Å². The molecule has 1 fully saturated rings. The summed E-state index contributed by atoms with van der Waals surface area (Å²) in [7, 11) is 0. The Labute approximate surface area is 457 Å². The van der Waals surface area contributed by atoms with E-state index in [4.69, 9.17) is 9.47 Å². The van der Waals surface area contributed by atoms with Crippen molar-refractivity contribution in [3.05, 3.63) is 36.5 Å². The van der Waals surface area contributed by atoms with Gasteiger partial charge in [-0.05, 0) is 57.8 Å². The van der Waals surface area contributed by atoms with Crippen molar-refractivity contribution >= 4 is 5.91 Å². The minimum Gasteiger partial charge on any atom is -0.394 e. The molecule has 1 amide bonds. The molecule has 9 heteroatoms. The fourth-order valence-electron chi connectivity index (χ4n) is 10.3. The highest BCUT2D eigenvalue weighted by atomic mass is 16.7. The molecule has 7 unspecified atom stereocenters. The molecule has 74 heavy (non-hydrogen) atoms. The third-order valence-electron chi connectivity index (χ3n) is 15.4. The van der Waals surface area contributed by atoms with E-state index in [-0.39, 0.29) is 12.5 Å². The van der Waals surface area contributed by atoms with Gasteiger partial charge in [0.15, 0.2) is 6.29 Å². The van der Waals surface area contributed by atoms with E-state index in [1.165, 1.54) is 257 Å². The SMILES string of the molecule is CCCCCCCCCCCCCC/C=C\CCCCCCCCCCCCC(=O)NC(COC1OC(CO)C(O)C(O)C1O)C(O)/C=C/CC/C=C/CCCCCCCCCCCCCCCCCCCCC. The molecule has 0 aromatic heterocycles. The molecular weight excluding hydrogens is 923 g/mol. The van der Waals surface area contributed by atoms with Crippen LogP contribution in [0.1, 0.15) is 316 Å². The smallest absolute Gasteiger partial charge is 0.220 e. The Bertz CT molecular complexity index is 1260. The van der Waals surface area contributed by atoms with E-state index in [0.29, 0.717) is 6.42 Å². The summed E-state index contributed by atoms with van der Waals surface area (Å²) >= 11 is 0. The predicted molar refractivity (Wildman–Crippen MR) is 313 cm³/mol. The standard InChI is InChI=1S/C65H123NO8/c1-3-5-7-9-11-13-15-17-19-21-23-25-27-29-31-33-35-37-39-41-43-45-47-49-51-53-55-61(69)66-58(57-73-65-64(72)63(71)62(70)60(56-67)74-65)59(68)54-52-50-48-46-44-42-40-38-36-34-32-30-28-26-24-22-20-18-16-14-12-10-8-6-4-2/h29,31,44,46,52,54,58-60,62-65,67-68,70-72H,3-28,30,32-43,45,47-51,53,55-57H2,1-2H3,(H,66,69)/b31-29-,46-44+,54-52+. The first-order chi connectivity index (χ1) is 36.3. The summed E-state index contributed by atoms with van der Waals surface area (Å²) in [5, 5.41) is 54.6. The molecule has 1 aliphatic rings. The second-order valence-corrected chi connectivity index (χ2v) is 22.5. The average Bonchev–Trinajstić information content (AvgIpc) is 3.40. The van der Waals surface area contributed by atoms with Gasteiger partial charge in [0.2, 0.25) is 5.91 Å². The number of allylic oxidation sites excluding steroid dienone is 5. The largest absolute Gasteiger partial charge is 0.394 e. The zero-order valence-electron chi connectivity index (χ0n) is 48.6. The van der Waals surface area contributed by atoms with E-state index in [1.807, 2.05) is 6.08 Å². The quantitative estimate of drug-likeness (QED) is 0.0261. The van der Waals surface area contributed by atoms with Crippen molar-refractivity contribution in [2.75, 3.05) is 13.2 Å². The number of aliphatic hydroxyl groups is 5. The fourth-order valence-corrected chi connectivity index (χ4v) is 10.3. The maximum absolute atomic E-state index is 13.1. The second kappa shape index (κ2) is 54.8. The van der Waals surface area contributed by atoms with Crippen molar-refractivity contribution in [3.8, 4) is 0 Å². The maximum Gasteiger partial charge on any atom is 0.220 e. The van der Waals surface area contributed by atoms with Gasteiger partial charge < -0.3 is 40.3 Å². The summed E-state index contributed by atoms with van der Waals surface area (Å²) in [4.78, 5) is 13.1. The van der Waals surface area contributed by atoms with Gasteiger partial charge in [0, 0.05) is 6.42 Å². The van der Waals surface area contributed by atoms with Crippen molar-refractivity contribution in [3.63, 3.8) is 0 Å². The Morgan fingerprint density at radius 2 is 0.770 bits per heavy atom. The number of amides is 1. The Morgan fingerprint density at radius 3 is 1.14 bits per heavy atom. The molecule has 436 valence electrons. The number of aliphatic hydroxyl groups excluding tert-OH is 5. The molecule has 0 radical (unpaired) electrons. The number of unbranched alkanes of at least 4 members (excludes halogenated alkanes) is 42. The van der Waals surface area contributed by atoms with Crippen LogP contribution in [0.5, 0.6) is 0 Å². The van der Waals surface area contributed by atoms with Gasteiger partial charge in [0.05, 0.1) is 25.4 Å². The van der Waals surface area contributed by atoms with E-state index in [1.54, 1.807) is 6.08 Å². The molecule has 0 aromatic carbocycles. The van der Waals surface area contributed by atoms with Crippen LogP contribution in [-0.4, -0.2) is 87.5 Å². The second-order valence-electron chi connectivity index (χ2n) is 22.5. The van der Waals surface area contributed by atoms with Crippen LogP contribution in [0, 0.1) is 0 Å². The number of rotatable bonds is 56. The van der Waals surface area contributed by atoms with Crippen molar-refractivity contribution in [1.82, 2.24) is 5.32 Å². The Morgan fingerprint density at radius 1 is 0.446 bits per heavy atom. The van der Waals surface area contributed by atoms with Gasteiger partial charge in [0.1, 0.15) is 24.4 Å². The van der Waals surface area contributed by atoms with Crippen molar-refractivity contribution < 1.29 is 39.8 Å². The van der Waals surface area contributed by atoms with Crippen molar-refractivity contribution in [1.29, 1.82) is 0 Å². The Balaban J connectivity index is 2.20. The lowest BCUT2D eigenvalue weighted by Crippen LogP contribution is -2.60. The summed E-state index contributed by atoms with van der Waals surface area (Å²) in [6.45, 7) is 3.81. The zero-order chi connectivity index (χ0) is 53.6. The molecule has 7 atom stereocenters. The van der Waals surface area contributed by atoms with Gasteiger partial charge in [-0.25, -0.2) is 0 Å². The predicted octanol–water partition coefficient (Wildman–Crippen LogP) is 16.7. The van der Waals surface area contributed by atoms with Crippen LogP contribution < -0.4 is 5.32 Å². The van der Waals surface area contributed by atoms with Gasteiger partial charge in [-0.3, -0.25) is 4.79 Å². The first kappa shape index (κ1) is 70.4. The molecule has 0 aliphatic carbocycles. The van der Waals surface area contributed by atoms with Crippen molar-refractivity contribution in [2.24, 2.45) is 0 Å². The number of carbonyl (C=O) groups excluding carboxylic acids is 1. The van der Waals surface area contributed by atoms with Gasteiger partial charge in [0.25, 0.3) is 0 Å². The Hall–Kier alpha value is -1.59. The van der Waals surface area contributed by atoms with E-state index in [0.717, 1.165) is 38.5 Å². The lowest BCUT2D eigenvalue weighted by molar-refractivity contribution is -0.302. The topological polar surface area (TPSA) is 149 Å². The summed E-state index contributed by atoms with van der Waals surface area (Å²) < 4.78 is 11.3. The summed E-state index contributed by atoms with van der Waals surface area (Å²) in [5.41, 5.74) is 0. The minimum absolute atomic E-state index is 0.184. The van der Waals surface area contributed by atoms with Gasteiger partial charge in [-0.1, -0.05) is 288 Å². The highest BCUT2D eigenvalue weighted by molar-refractivity contribution is 5.76. The van der Waals surface area contributed by atoms with Gasteiger partial charge in [-0.15, -0.1) is 0 Å². The third-order valence-corrected chi connectivity index (χ3v) is 15.4. The molecular formula is C65H123NO8. The van der Waals surface area contributed by atoms with Gasteiger partial charge in [-0.2, -0.15) is 0 Å². The lowest BCUT2D eigenvalue weighted by Gasteiger charge is -2.40. The molecule has 1 rings (SSSR count). The van der Waals surface area contributed by atoms with E-state index in [2.05, 4.69) is 43.5 Å². The van der Waals surface area contributed by atoms with Crippen LogP contribution in [0.3, 0.4) is 0 Å². The molecule has 0 spiro atoms. The molecule has 1 saturated heterocycles. The molecule has 1 aliphatic heterocycles. The van der Waals surface area contributed by atoms with Crippen LogP contribution in [0.4, 0.5) is 0 Å². The van der Waals surface area contributed by atoms with Crippen LogP contribution in [0.25, 0.3) is 0 Å². The van der Waals surface area contributed by atoms with Crippen molar-refractivity contribution in [2.45, 2.75) is 358 Å². The van der Waals surface area contributed by atoms with Gasteiger partial charge >= 0.3 is 0 Å². The molecule has 1 heterocycles. The molecule has 6 N–H and O–H groups in total. The first-order valence-corrected chi connectivity index (χ1v) is 32.2. The van der Waals surface area contributed by atoms with Crippen LogP contribution in [0.15, 0.2) is 36.5 Å². The highest BCUT2D eigenvalue weighted by Crippen LogP contribution is 2.23. The number of hydrogen-bond donors (Lipinski definition) is 6. The monoisotopic (exact) mass is 1050 g/mol. The number of hydrogen-bond acceptors (Lipinski definition) is 8.